The van der Waals surface area contributed by atoms with Gasteiger partial charge in [0.25, 0.3) is 0 Å². The smallest absolute Gasteiger partial charge is 0.308 e. The summed E-state index contributed by atoms with van der Waals surface area (Å²) in [7, 11) is 2.45. The normalized spacial score (nSPS) is 35.4. The SMILES string of the molecule is C/C=C\C(=C/N)CCNCCCOP1C[C@@H](C)NC(=O)C(C)C(O)[C@](C)(O)CC[C@@H]([C@H](O)C(C)C(=O)O)[C@H]1OC1CC(N(C)C)CC(C)O1. The third-order valence-corrected chi connectivity index (χ3v) is 12.2. The average molecular weight is 717 g/mol. The standard InChI is InChI=1S/C35H65N4O9P/c1-9-11-26(20-36)13-16-37-15-10-17-46-49-21-22(2)38-32(42)25(5)31(41)35(6,45)14-12-28(30(40)24(4)33(43)44)34(49)48-29-19-27(39(7)8)18-23(3)47-29/h9,11,20,22-25,27-31,34,37,40-41,45H,10,12-19,21,36H2,1-8H3,(H,38,42)(H,43,44)/b11-9-,26-20+/t22-,23?,24?,25?,27?,28+,29?,30-,31?,34+,35-,49?/m1/s1. The van der Waals surface area contributed by atoms with Gasteiger partial charge in [0.15, 0.2) is 6.29 Å². The molecule has 0 radical (unpaired) electrons. The summed E-state index contributed by atoms with van der Waals surface area (Å²) in [5.41, 5.74) is 5.04. The van der Waals surface area contributed by atoms with E-state index in [0.29, 0.717) is 32.2 Å². The van der Waals surface area contributed by atoms with Crippen molar-refractivity contribution in [2.24, 2.45) is 23.5 Å². The maximum atomic E-state index is 13.2. The Balaban J connectivity index is 2.46. The lowest BCUT2D eigenvalue weighted by Crippen LogP contribution is -2.52. The maximum Gasteiger partial charge on any atom is 0.308 e. The largest absolute Gasteiger partial charge is 0.481 e. The van der Waals surface area contributed by atoms with Crippen molar-refractivity contribution < 1.29 is 44.0 Å². The number of aliphatic hydroxyl groups is 3. The van der Waals surface area contributed by atoms with Crippen LogP contribution >= 0.6 is 8.15 Å². The van der Waals surface area contributed by atoms with Crippen LogP contribution in [0.4, 0.5) is 0 Å². The van der Waals surface area contributed by atoms with Crippen molar-refractivity contribution in [3.63, 3.8) is 0 Å². The second-order valence-corrected chi connectivity index (χ2v) is 16.3. The third-order valence-electron chi connectivity index (χ3n) is 9.76. The zero-order valence-electron chi connectivity index (χ0n) is 30.9. The van der Waals surface area contributed by atoms with Gasteiger partial charge in [-0.1, -0.05) is 19.1 Å². The summed E-state index contributed by atoms with van der Waals surface area (Å²) in [4.78, 5) is 27.5. The van der Waals surface area contributed by atoms with Crippen LogP contribution in [0.15, 0.2) is 23.9 Å². The minimum absolute atomic E-state index is 0.0168. The molecular weight excluding hydrogens is 651 g/mol. The van der Waals surface area contributed by atoms with Crippen molar-refractivity contribution in [2.45, 2.75) is 128 Å². The molecule has 0 spiro atoms. The summed E-state index contributed by atoms with van der Waals surface area (Å²) in [6.45, 7) is 12.0. The topological polar surface area (TPSA) is 196 Å². The number of carboxylic acid groups (broad SMARTS) is 1. The van der Waals surface area contributed by atoms with E-state index in [4.69, 9.17) is 19.7 Å². The Morgan fingerprint density at radius 1 is 1.27 bits per heavy atom. The first-order valence-electron chi connectivity index (χ1n) is 17.7. The minimum Gasteiger partial charge on any atom is -0.481 e. The fourth-order valence-electron chi connectivity index (χ4n) is 6.50. The zero-order chi connectivity index (χ0) is 36.9. The van der Waals surface area contributed by atoms with Crippen LogP contribution in [-0.2, 0) is 23.6 Å². The summed E-state index contributed by atoms with van der Waals surface area (Å²) in [6.07, 6.45) is 5.31. The van der Waals surface area contributed by atoms with Gasteiger partial charge in [0, 0.05) is 30.6 Å². The van der Waals surface area contributed by atoms with Crippen LogP contribution in [0, 0.1) is 17.8 Å². The summed E-state index contributed by atoms with van der Waals surface area (Å²) in [5, 5.41) is 50.5. The Morgan fingerprint density at radius 2 is 1.96 bits per heavy atom. The number of nitrogens with zero attached hydrogens (tertiary/aromatic N) is 1. The Kier molecular flexibility index (Phi) is 18.6. The molecule has 8 N–H and O–H groups in total. The number of amides is 1. The van der Waals surface area contributed by atoms with E-state index in [1.54, 1.807) is 13.1 Å². The highest BCUT2D eigenvalue weighted by Gasteiger charge is 2.46. The molecule has 13 nitrogen and oxygen atoms in total. The van der Waals surface area contributed by atoms with E-state index >= 15 is 0 Å². The first-order chi connectivity index (χ1) is 23.0. The molecule has 0 aromatic heterocycles. The van der Waals surface area contributed by atoms with Crippen molar-refractivity contribution in [1.82, 2.24) is 15.5 Å². The van der Waals surface area contributed by atoms with Crippen molar-refractivity contribution >= 4 is 20.0 Å². The molecule has 14 heteroatoms. The Labute approximate surface area is 294 Å². The van der Waals surface area contributed by atoms with Gasteiger partial charge in [-0.05, 0) is 106 Å². The monoisotopic (exact) mass is 716 g/mol. The van der Waals surface area contributed by atoms with E-state index in [-0.39, 0.29) is 25.0 Å². The highest BCUT2D eigenvalue weighted by atomic mass is 31.1. The predicted octanol–water partition coefficient (Wildman–Crippen LogP) is 2.73. The fraction of sp³-hybridized carbons (Fsp3) is 0.829. The van der Waals surface area contributed by atoms with Crippen molar-refractivity contribution in [1.29, 1.82) is 0 Å². The van der Waals surface area contributed by atoms with Gasteiger partial charge in [-0.3, -0.25) is 9.59 Å². The lowest BCUT2D eigenvalue weighted by molar-refractivity contribution is -0.222. The van der Waals surface area contributed by atoms with Gasteiger partial charge >= 0.3 is 5.97 Å². The van der Waals surface area contributed by atoms with Crippen molar-refractivity contribution in [3.05, 3.63) is 23.9 Å². The van der Waals surface area contributed by atoms with E-state index in [2.05, 4.69) is 15.5 Å². The predicted molar refractivity (Wildman–Crippen MR) is 192 cm³/mol. The van der Waals surface area contributed by atoms with E-state index in [1.165, 1.54) is 13.8 Å². The summed E-state index contributed by atoms with van der Waals surface area (Å²) in [6, 6.07) is -0.233. The van der Waals surface area contributed by atoms with Crippen molar-refractivity contribution in [2.75, 3.05) is 40.0 Å². The zero-order valence-corrected chi connectivity index (χ0v) is 31.8. The Morgan fingerprint density at radius 3 is 2.57 bits per heavy atom. The highest BCUT2D eigenvalue weighted by Crippen LogP contribution is 2.51. The molecule has 7 unspecified atom stereocenters. The van der Waals surface area contributed by atoms with Crippen LogP contribution in [0.25, 0.3) is 0 Å². The van der Waals surface area contributed by atoms with E-state index in [9.17, 15) is 30.0 Å². The number of rotatable bonds is 15. The number of carboxylic acids is 1. The number of nitrogens with one attached hydrogen (secondary N) is 2. The van der Waals surface area contributed by atoms with Crippen LogP contribution in [0.5, 0.6) is 0 Å². The molecule has 2 aliphatic heterocycles. The number of ether oxygens (including phenoxy) is 2. The number of carbonyl (C=O) groups is 2. The molecule has 0 aromatic carbocycles. The van der Waals surface area contributed by atoms with E-state index in [1.807, 2.05) is 47.0 Å². The molecule has 2 aliphatic rings. The van der Waals surface area contributed by atoms with Gasteiger partial charge in [-0.15, -0.1) is 0 Å². The quantitative estimate of drug-likeness (QED) is 0.0745. The molecule has 49 heavy (non-hydrogen) atoms. The van der Waals surface area contributed by atoms with Crippen LogP contribution in [0.1, 0.15) is 80.1 Å². The first-order valence-corrected chi connectivity index (χ1v) is 19.3. The first kappa shape index (κ1) is 43.5. The van der Waals surface area contributed by atoms with Gasteiger partial charge in [-0.2, -0.15) is 0 Å². The molecule has 12 atom stereocenters. The summed E-state index contributed by atoms with van der Waals surface area (Å²) >= 11 is 0. The molecular formula is C35H65N4O9P. The number of nitrogens with two attached hydrogens (primary N) is 1. The molecule has 2 saturated heterocycles. The molecule has 284 valence electrons. The van der Waals surface area contributed by atoms with Crippen LogP contribution in [-0.4, -0.2) is 125 Å². The number of carbonyl (C=O) groups excluding carboxylic acids is 1. The van der Waals surface area contributed by atoms with E-state index < -0.39 is 73.8 Å². The highest BCUT2D eigenvalue weighted by molar-refractivity contribution is 7.53. The number of hydrogen-bond donors (Lipinski definition) is 7. The lowest BCUT2D eigenvalue weighted by atomic mass is 9.80. The second-order valence-electron chi connectivity index (χ2n) is 14.3. The number of aliphatic hydroxyl groups excluding tert-OH is 2. The Hall–Kier alpha value is -1.67. The van der Waals surface area contributed by atoms with Gasteiger partial charge in [0.2, 0.25) is 5.91 Å². The third kappa shape index (κ3) is 13.8. The van der Waals surface area contributed by atoms with E-state index in [0.717, 1.165) is 25.0 Å². The molecule has 2 heterocycles. The maximum absolute atomic E-state index is 13.2. The number of allylic oxidation sites excluding steroid dienone is 2. The number of hydrogen-bond acceptors (Lipinski definition) is 11. The Bertz CT molecular complexity index is 1080. The van der Waals surface area contributed by atoms with Gasteiger partial charge < -0.3 is 55.7 Å². The molecule has 0 aromatic rings. The second kappa shape index (κ2) is 21.0. The van der Waals surface area contributed by atoms with Crippen LogP contribution in [0.2, 0.25) is 0 Å². The average Bonchev–Trinajstić information content (AvgIpc) is 3.04. The van der Waals surface area contributed by atoms with Crippen LogP contribution in [0.3, 0.4) is 0 Å². The van der Waals surface area contributed by atoms with Crippen LogP contribution < -0.4 is 16.4 Å². The van der Waals surface area contributed by atoms with Crippen molar-refractivity contribution in [3.8, 4) is 0 Å². The van der Waals surface area contributed by atoms with Gasteiger partial charge in [-0.25, -0.2) is 0 Å². The molecule has 2 fully saturated rings. The molecule has 2 rings (SSSR count). The summed E-state index contributed by atoms with van der Waals surface area (Å²) in [5.74, 6) is -5.21. The molecule has 0 saturated carbocycles. The number of aliphatic carboxylic acids is 1. The molecule has 0 bridgehead atoms. The molecule has 1 amide bonds. The molecule has 0 aliphatic carbocycles. The summed E-state index contributed by atoms with van der Waals surface area (Å²) < 4.78 is 19.7. The minimum atomic E-state index is -1.71. The van der Waals surface area contributed by atoms with Gasteiger partial charge in [0.1, 0.15) is 5.85 Å². The van der Waals surface area contributed by atoms with Gasteiger partial charge in [0.05, 0.1) is 50.5 Å². The fourth-order valence-corrected chi connectivity index (χ4v) is 8.98. The lowest BCUT2D eigenvalue weighted by Gasteiger charge is -2.44.